The highest BCUT2D eigenvalue weighted by molar-refractivity contribution is 5.82. The Labute approximate surface area is 102 Å². The van der Waals surface area contributed by atoms with Crippen LogP contribution in [0.1, 0.15) is 26.7 Å². The summed E-state index contributed by atoms with van der Waals surface area (Å²) in [7, 11) is 1.61. The standard InChI is InChI=1S/C11H22N2O4/c1-4-6-9(10(14)15)12-11(16)13(3)7-8-17-5-2/h9H,4-8H2,1-3H3,(H,12,16)(H,14,15). The number of carbonyl (C=O) groups excluding carboxylic acids is 1. The van der Waals surface area contributed by atoms with Crippen molar-refractivity contribution in [3.8, 4) is 0 Å². The molecule has 0 aromatic rings. The number of carboxylic acid groups (broad SMARTS) is 1. The molecule has 0 spiro atoms. The van der Waals surface area contributed by atoms with Crippen LogP contribution >= 0.6 is 0 Å². The van der Waals surface area contributed by atoms with Crippen LogP contribution in [-0.4, -0.2) is 54.9 Å². The first-order valence-corrected chi connectivity index (χ1v) is 5.85. The predicted octanol–water partition coefficient (Wildman–Crippen LogP) is 0.918. The van der Waals surface area contributed by atoms with Crippen molar-refractivity contribution < 1.29 is 19.4 Å². The van der Waals surface area contributed by atoms with E-state index in [1.165, 1.54) is 4.90 Å². The molecule has 0 heterocycles. The Balaban J connectivity index is 4.06. The molecule has 1 unspecified atom stereocenters. The molecule has 6 nitrogen and oxygen atoms in total. The van der Waals surface area contributed by atoms with Gasteiger partial charge in [-0.15, -0.1) is 0 Å². The van der Waals surface area contributed by atoms with E-state index in [2.05, 4.69) is 5.32 Å². The van der Waals surface area contributed by atoms with Gasteiger partial charge < -0.3 is 20.1 Å². The molecule has 0 radical (unpaired) electrons. The monoisotopic (exact) mass is 246 g/mol. The summed E-state index contributed by atoms with van der Waals surface area (Å²) in [5, 5.41) is 11.4. The molecule has 0 saturated carbocycles. The number of nitrogens with zero attached hydrogens (tertiary/aromatic N) is 1. The van der Waals surface area contributed by atoms with Gasteiger partial charge in [-0.2, -0.15) is 0 Å². The van der Waals surface area contributed by atoms with Gasteiger partial charge in [0.15, 0.2) is 0 Å². The highest BCUT2D eigenvalue weighted by Crippen LogP contribution is 1.98. The van der Waals surface area contributed by atoms with Gasteiger partial charge in [-0.3, -0.25) is 0 Å². The zero-order valence-corrected chi connectivity index (χ0v) is 10.7. The highest BCUT2D eigenvalue weighted by atomic mass is 16.5. The number of rotatable bonds is 8. The number of amides is 2. The zero-order chi connectivity index (χ0) is 13.3. The van der Waals surface area contributed by atoms with E-state index in [1.54, 1.807) is 7.05 Å². The molecule has 0 saturated heterocycles. The van der Waals surface area contributed by atoms with Gasteiger partial charge in [0.05, 0.1) is 6.61 Å². The van der Waals surface area contributed by atoms with Crippen LogP contribution in [0.25, 0.3) is 0 Å². The van der Waals surface area contributed by atoms with Crippen molar-refractivity contribution in [2.45, 2.75) is 32.7 Å². The number of urea groups is 1. The van der Waals surface area contributed by atoms with Gasteiger partial charge in [0.2, 0.25) is 0 Å². The molecule has 2 N–H and O–H groups in total. The normalized spacial score (nSPS) is 11.9. The second-order valence-corrected chi connectivity index (χ2v) is 3.75. The van der Waals surface area contributed by atoms with Crippen LogP contribution in [-0.2, 0) is 9.53 Å². The molecule has 17 heavy (non-hydrogen) atoms. The van der Waals surface area contributed by atoms with Crippen LogP contribution < -0.4 is 5.32 Å². The predicted molar refractivity (Wildman–Crippen MR) is 64.0 cm³/mol. The second kappa shape index (κ2) is 8.81. The summed E-state index contributed by atoms with van der Waals surface area (Å²) < 4.78 is 5.12. The fourth-order valence-electron chi connectivity index (χ4n) is 1.25. The van der Waals surface area contributed by atoms with Crippen molar-refractivity contribution in [1.82, 2.24) is 10.2 Å². The lowest BCUT2D eigenvalue weighted by molar-refractivity contribution is -0.139. The van der Waals surface area contributed by atoms with E-state index in [4.69, 9.17) is 9.84 Å². The first-order chi connectivity index (χ1) is 8.02. The van der Waals surface area contributed by atoms with E-state index in [-0.39, 0.29) is 6.03 Å². The molecule has 0 aliphatic rings. The molecule has 6 heteroatoms. The van der Waals surface area contributed by atoms with Crippen LogP contribution in [0.2, 0.25) is 0 Å². The van der Waals surface area contributed by atoms with Gasteiger partial charge in [0, 0.05) is 20.2 Å². The van der Waals surface area contributed by atoms with Gasteiger partial charge in [0.1, 0.15) is 6.04 Å². The fraction of sp³-hybridized carbons (Fsp3) is 0.818. The summed E-state index contributed by atoms with van der Waals surface area (Å²) in [6.07, 6.45) is 1.14. The van der Waals surface area contributed by atoms with Crippen LogP contribution in [0.5, 0.6) is 0 Å². The first-order valence-electron chi connectivity index (χ1n) is 5.85. The molecule has 1 atom stereocenters. The maximum absolute atomic E-state index is 11.6. The molecule has 0 aliphatic carbocycles. The lowest BCUT2D eigenvalue weighted by Crippen LogP contribution is -2.47. The Kier molecular flexibility index (Phi) is 8.13. The Hall–Kier alpha value is -1.30. The molecule has 0 aromatic heterocycles. The molecule has 0 aliphatic heterocycles. The van der Waals surface area contributed by atoms with Crippen LogP contribution in [0.4, 0.5) is 4.79 Å². The second-order valence-electron chi connectivity index (χ2n) is 3.75. The van der Waals surface area contributed by atoms with E-state index < -0.39 is 12.0 Å². The minimum Gasteiger partial charge on any atom is -0.480 e. The van der Waals surface area contributed by atoms with Crippen molar-refractivity contribution in [2.75, 3.05) is 26.8 Å². The molecule has 2 amide bonds. The van der Waals surface area contributed by atoms with E-state index in [1.807, 2.05) is 13.8 Å². The Bertz CT molecular complexity index is 246. The van der Waals surface area contributed by atoms with Gasteiger partial charge in [-0.25, -0.2) is 9.59 Å². The quantitative estimate of drug-likeness (QED) is 0.624. The number of aliphatic carboxylic acids is 1. The van der Waals surface area contributed by atoms with E-state index in [0.29, 0.717) is 32.6 Å². The van der Waals surface area contributed by atoms with E-state index >= 15 is 0 Å². The average Bonchev–Trinajstić information content (AvgIpc) is 2.28. The number of likely N-dealkylation sites (N-methyl/N-ethyl adjacent to an activating group) is 1. The van der Waals surface area contributed by atoms with Crippen molar-refractivity contribution in [1.29, 1.82) is 0 Å². The third kappa shape index (κ3) is 6.78. The summed E-state index contributed by atoms with van der Waals surface area (Å²) in [6, 6.07) is -1.20. The third-order valence-corrected chi connectivity index (χ3v) is 2.30. The van der Waals surface area contributed by atoms with Crippen molar-refractivity contribution in [3.63, 3.8) is 0 Å². The number of nitrogens with one attached hydrogen (secondary N) is 1. The van der Waals surface area contributed by atoms with Crippen molar-refractivity contribution in [3.05, 3.63) is 0 Å². The molecule has 0 bridgehead atoms. The average molecular weight is 246 g/mol. The summed E-state index contributed by atoms with van der Waals surface area (Å²) in [5.41, 5.74) is 0. The van der Waals surface area contributed by atoms with Crippen LogP contribution in [0.15, 0.2) is 0 Å². The molecule has 0 rings (SSSR count). The smallest absolute Gasteiger partial charge is 0.326 e. The number of hydrogen-bond acceptors (Lipinski definition) is 3. The Morgan fingerprint density at radius 1 is 1.41 bits per heavy atom. The number of hydrogen-bond donors (Lipinski definition) is 2. The van der Waals surface area contributed by atoms with E-state index in [9.17, 15) is 9.59 Å². The van der Waals surface area contributed by atoms with Crippen molar-refractivity contribution in [2.24, 2.45) is 0 Å². The summed E-state index contributed by atoms with van der Waals surface area (Å²) in [5.74, 6) is -1.00. The first kappa shape index (κ1) is 15.7. The van der Waals surface area contributed by atoms with Crippen LogP contribution in [0.3, 0.4) is 0 Å². The largest absolute Gasteiger partial charge is 0.480 e. The van der Waals surface area contributed by atoms with Gasteiger partial charge in [-0.1, -0.05) is 13.3 Å². The van der Waals surface area contributed by atoms with Gasteiger partial charge >= 0.3 is 12.0 Å². The zero-order valence-electron chi connectivity index (χ0n) is 10.7. The van der Waals surface area contributed by atoms with E-state index in [0.717, 1.165) is 0 Å². The molecule has 0 fully saturated rings. The molecular weight excluding hydrogens is 224 g/mol. The minimum atomic E-state index is -1.00. The maximum atomic E-state index is 11.6. The number of carbonyl (C=O) groups is 2. The van der Waals surface area contributed by atoms with Gasteiger partial charge in [-0.05, 0) is 13.3 Å². The summed E-state index contributed by atoms with van der Waals surface area (Å²) >= 11 is 0. The molecule has 100 valence electrons. The van der Waals surface area contributed by atoms with Gasteiger partial charge in [0.25, 0.3) is 0 Å². The molecule has 0 aromatic carbocycles. The lowest BCUT2D eigenvalue weighted by atomic mass is 10.2. The number of ether oxygens (including phenoxy) is 1. The highest BCUT2D eigenvalue weighted by Gasteiger charge is 2.20. The van der Waals surface area contributed by atoms with Crippen molar-refractivity contribution >= 4 is 12.0 Å². The Morgan fingerprint density at radius 3 is 2.53 bits per heavy atom. The third-order valence-electron chi connectivity index (χ3n) is 2.30. The Morgan fingerprint density at radius 2 is 2.06 bits per heavy atom. The SMILES string of the molecule is CCCC(NC(=O)N(C)CCOCC)C(=O)O. The van der Waals surface area contributed by atoms with Crippen LogP contribution in [0, 0.1) is 0 Å². The lowest BCUT2D eigenvalue weighted by Gasteiger charge is -2.21. The summed E-state index contributed by atoms with van der Waals surface area (Å²) in [4.78, 5) is 23.9. The summed E-state index contributed by atoms with van der Waals surface area (Å²) in [6.45, 7) is 5.25. The minimum absolute atomic E-state index is 0.384. The topological polar surface area (TPSA) is 78.9 Å². The maximum Gasteiger partial charge on any atom is 0.326 e. The molecular formula is C11H22N2O4. The number of carboxylic acids is 1. The fourth-order valence-corrected chi connectivity index (χ4v) is 1.25.